The Labute approximate surface area is 145 Å². The molecule has 0 atom stereocenters. The van der Waals surface area contributed by atoms with E-state index >= 15 is 0 Å². The van der Waals surface area contributed by atoms with Crippen LogP contribution in [0.1, 0.15) is 16.1 Å². The first kappa shape index (κ1) is 15.6. The Balaban J connectivity index is 1.65. The summed E-state index contributed by atoms with van der Waals surface area (Å²) in [6, 6.07) is 10.9. The van der Waals surface area contributed by atoms with Crippen molar-refractivity contribution in [2.24, 2.45) is 0 Å². The highest BCUT2D eigenvalue weighted by atomic mass is 32.1. The van der Waals surface area contributed by atoms with Crippen LogP contribution in [0.3, 0.4) is 0 Å². The van der Waals surface area contributed by atoms with Crippen LogP contribution in [-0.2, 0) is 0 Å². The van der Waals surface area contributed by atoms with Gasteiger partial charge >= 0.3 is 0 Å². The summed E-state index contributed by atoms with van der Waals surface area (Å²) in [5.74, 6) is -1.80. The number of hydrogen-bond donors (Lipinski definition) is 1. The summed E-state index contributed by atoms with van der Waals surface area (Å²) in [5, 5.41) is 3.69. The zero-order valence-electron chi connectivity index (χ0n) is 13.0. The number of aryl methyl sites for hydroxylation is 1. The summed E-state index contributed by atoms with van der Waals surface area (Å²) in [6.07, 6.45) is 0. The smallest absolute Gasteiger partial charge is 0.257 e. The second kappa shape index (κ2) is 5.86. The standard InChI is InChI=1S/C18H11F2N3OS/c1-9-2-3-10-6-11(4-5-14(10)21-9)17(24)23-18-22-16-13(20)7-12(19)8-15(16)25-18/h2-8H,1H3,(H,22,23,24). The molecule has 1 N–H and O–H groups in total. The van der Waals surface area contributed by atoms with Crippen molar-refractivity contribution in [1.82, 2.24) is 9.97 Å². The molecule has 0 radical (unpaired) electrons. The molecule has 0 saturated heterocycles. The molecule has 25 heavy (non-hydrogen) atoms. The second-order valence-electron chi connectivity index (χ2n) is 5.57. The third-order valence-corrected chi connectivity index (χ3v) is 4.64. The van der Waals surface area contributed by atoms with E-state index in [1.54, 1.807) is 18.2 Å². The average molecular weight is 355 g/mol. The van der Waals surface area contributed by atoms with Gasteiger partial charge in [-0.2, -0.15) is 0 Å². The molecule has 0 fully saturated rings. The molecule has 0 aliphatic heterocycles. The Morgan fingerprint density at radius 2 is 1.92 bits per heavy atom. The predicted molar refractivity (Wildman–Crippen MR) is 94.0 cm³/mol. The van der Waals surface area contributed by atoms with E-state index in [9.17, 15) is 13.6 Å². The molecular formula is C18H11F2N3OS. The summed E-state index contributed by atoms with van der Waals surface area (Å²) in [5.41, 5.74) is 2.17. The van der Waals surface area contributed by atoms with Gasteiger partial charge in [0.1, 0.15) is 11.3 Å². The number of halogens is 2. The number of amides is 1. The number of thiazole rings is 1. The first-order valence-corrected chi connectivity index (χ1v) is 8.25. The molecule has 0 saturated carbocycles. The van der Waals surface area contributed by atoms with Crippen LogP contribution in [0.4, 0.5) is 13.9 Å². The lowest BCUT2D eigenvalue weighted by Gasteiger charge is -2.04. The van der Waals surface area contributed by atoms with E-state index in [0.717, 1.165) is 34.0 Å². The van der Waals surface area contributed by atoms with Gasteiger partial charge in [0, 0.05) is 22.7 Å². The van der Waals surface area contributed by atoms with E-state index in [1.807, 2.05) is 19.1 Å². The Bertz CT molecular complexity index is 1140. The number of anilines is 1. The molecule has 0 unspecified atom stereocenters. The van der Waals surface area contributed by atoms with Crippen molar-refractivity contribution in [2.75, 3.05) is 5.32 Å². The molecule has 2 aromatic carbocycles. The number of rotatable bonds is 2. The topological polar surface area (TPSA) is 54.9 Å². The van der Waals surface area contributed by atoms with Crippen molar-refractivity contribution >= 4 is 43.5 Å². The maximum absolute atomic E-state index is 13.7. The molecule has 4 nitrogen and oxygen atoms in total. The second-order valence-corrected chi connectivity index (χ2v) is 6.60. The molecule has 4 rings (SSSR count). The Morgan fingerprint density at radius 1 is 1.08 bits per heavy atom. The van der Waals surface area contributed by atoms with Gasteiger partial charge in [0.2, 0.25) is 0 Å². The molecule has 0 spiro atoms. The fourth-order valence-corrected chi connectivity index (χ4v) is 3.45. The average Bonchev–Trinajstić information content (AvgIpc) is 2.97. The van der Waals surface area contributed by atoms with Crippen molar-refractivity contribution in [1.29, 1.82) is 0 Å². The van der Waals surface area contributed by atoms with E-state index in [1.165, 1.54) is 6.07 Å². The molecule has 2 aromatic heterocycles. The third kappa shape index (κ3) is 2.94. The normalized spacial score (nSPS) is 11.2. The van der Waals surface area contributed by atoms with Crippen LogP contribution >= 0.6 is 11.3 Å². The van der Waals surface area contributed by atoms with E-state index in [0.29, 0.717) is 10.3 Å². The van der Waals surface area contributed by atoms with Crippen molar-refractivity contribution in [3.8, 4) is 0 Å². The largest absolute Gasteiger partial charge is 0.298 e. The molecule has 7 heteroatoms. The van der Waals surface area contributed by atoms with Crippen LogP contribution in [0.15, 0.2) is 42.5 Å². The van der Waals surface area contributed by atoms with Gasteiger partial charge in [0.25, 0.3) is 5.91 Å². The molecular weight excluding hydrogens is 344 g/mol. The SMILES string of the molecule is Cc1ccc2cc(C(=O)Nc3nc4c(F)cc(F)cc4s3)ccc2n1. The zero-order chi connectivity index (χ0) is 17.6. The van der Waals surface area contributed by atoms with Crippen LogP contribution in [0.2, 0.25) is 0 Å². The van der Waals surface area contributed by atoms with Crippen molar-refractivity contribution in [3.05, 3.63) is 65.4 Å². The summed E-state index contributed by atoms with van der Waals surface area (Å²) >= 11 is 1.02. The molecule has 0 aliphatic carbocycles. The van der Waals surface area contributed by atoms with E-state index in [4.69, 9.17) is 0 Å². The summed E-state index contributed by atoms with van der Waals surface area (Å²) in [4.78, 5) is 20.8. The Morgan fingerprint density at radius 3 is 2.76 bits per heavy atom. The van der Waals surface area contributed by atoms with E-state index in [2.05, 4.69) is 15.3 Å². The highest BCUT2D eigenvalue weighted by Gasteiger charge is 2.14. The minimum absolute atomic E-state index is 0.0416. The lowest BCUT2D eigenvalue weighted by atomic mass is 10.1. The van der Waals surface area contributed by atoms with Gasteiger partial charge in [-0.1, -0.05) is 17.4 Å². The molecule has 124 valence electrons. The van der Waals surface area contributed by atoms with Crippen LogP contribution in [0, 0.1) is 18.6 Å². The van der Waals surface area contributed by atoms with Crippen LogP contribution in [0.5, 0.6) is 0 Å². The monoisotopic (exact) mass is 355 g/mol. The lowest BCUT2D eigenvalue weighted by Crippen LogP contribution is -2.11. The molecule has 0 aliphatic rings. The quantitative estimate of drug-likeness (QED) is 0.568. The van der Waals surface area contributed by atoms with Gasteiger partial charge in [-0.05, 0) is 37.3 Å². The number of nitrogens with one attached hydrogen (secondary N) is 1. The van der Waals surface area contributed by atoms with Crippen LogP contribution in [-0.4, -0.2) is 15.9 Å². The fraction of sp³-hybridized carbons (Fsp3) is 0.0556. The van der Waals surface area contributed by atoms with Gasteiger partial charge in [-0.3, -0.25) is 15.1 Å². The zero-order valence-corrected chi connectivity index (χ0v) is 13.8. The van der Waals surface area contributed by atoms with Crippen molar-refractivity contribution in [2.45, 2.75) is 6.92 Å². The van der Waals surface area contributed by atoms with E-state index < -0.39 is 11.6 Å². The van der Waals surface area contributed by atoms with Gasteiger partial charge in [-0.15, -0.1) is 0 Å². The van der Waals surface area contributed by atoms with Crippen LogP contribution in [0.25, 0.3) is 21.1 Å². The van der Waals surface area contributed by atoms with Crippen molar-refractivity contribution in [3.63, 3.8) is 0 Å². The number of aromatic nitrogens is 2. The highest BCUT2D eigenvalue weighted by Crippen LogP contribution is 2.29. The maximum atomic E-state index is 13.7. The van der Waals surface area contributed by atoms with Crippen molar-refractivity contribution < 1.29 is 13.6 Å². The Hall–Kier alpha value is -2.93. The fourth-order valence-electron chi connectivity index (χ4n) is 2.55. The Kier molecular flexibility index (Phi) is 3.65. The van der Waals surface area contributed by atoms with Gasteiger partial charge in [0.15, 0.2) is 10.9 Å². The number of pyridine rings is 1. The number of hydrogen-bond acceptors (Lipinski definition) is 4. The minimum atomic E-state index is -0.751. The van der Waals surface area contributed by atoms with Gasteiger partial charge in [0.05, 0.1) is 10.2 Å². The van der Waals surface area contributed by atoms with E-state index in [-0.39, 0.29) is 16.6 Å². The number of carbonyl (C=O) groups is 1. The number of fused-ring (bicyclic) bond motifs is 2. The van der Waals surface area contributed by atoms with Gasteiger partial charge in [-0.25, -0.2) is 13.8 Å². The molecule has 1 amide bonds. The molecule has 4 aromatic rings. The van der Waals surface area contributed by atoms with Crippen LogP contribution < -0.4 is 5.32 Å². The summed E-state index contributed by atoms with van der Waals surface area (Å²) in [6.45, 7) is 1.90. The summed E-state index contributed by atoms with van der Waals surface area (Å²) < 4.78 is 27.3. The number of carbonyl (C=O) groups excluding carboxylic acids is 1. The molecule has 2 heterocycles. The lowest BCUT2D eigenvalue weighted by molar-refractivity contribution is 0.102. The number of nitrogens with zero attached hydrogens (tertiary/aromatic N) is 2. The predicted octanol–water partition coefficient (Wildman–Crippen LogP) is 4.68. The maximum Gasteiger partial charge on any atom is 0.257 e. The minimum Gasteiger partial charge on any atom is -0.298 e. The highest BCUT2D eigenvalue weighted by molar-refractivity contribution is 7.22. The summed E-state index contributed by atoms with van der Waals surface area (Å²) in [7, 11) is 0. The first-order chi connectivity index (χ1) is 12.0. The van der Waals surface area contributed by atoms with Gasteiger partial charge < -0.3 is 0 Å². The first-order valence-electron chi connectivity index (χ1n) is 7.44. The third-order valence-electron chi connectivity index (χ3n) is 3.72. The molecule has 0 bridgehead atoms. The number of benzene rings is 2.